The van der Waals surface area contributed by atoms with E-state index in [9.17, 15) is 4.79 Å². The van der Waals surface area contributed by atoms with Gasteiger partial charge in [-0.1, -0.05) is 66.7 Å². The number of carbonyl (C=O) groups excluding carboxylic acids is 1. The average molecular weight is 464 g/mol. The first-order chi connectivity index (χ1) is 14.7. The molecular formula is C25H22BrNO3. The zero-order valence-electron chi connectivity index (χ0n) is 16.6. The molecule has 3 aromatic rings. The largest absolute Gasteiger partial charge is 0.496 e. The molecule has 0 aliphatic heterocycles. The molecule has 1 N–H and O–H groups in total. The van der Waals surface area contributed by atoms with E-state index in [1.807, 2.05) is 54.6 Å². The summed E-state index contributed by atoms with van der Waals surface area (Å²) in [6.45, 7) is 0.704. The van der Waals surface area contributed by atoms with E-state index in [0.717, 1.165) is 15.8 Å². The van der Waals surface area contributed by atoms with Crippen molar-refractivity contribution in [3.8, 4) is 16.9 Å². The first-order valence-electron chi connectivity index (χ1n) is 9.76. The summed E-state index contributed by atoms with van der Waals surface area (Å²) in [6.07, 6.45) is 3.40. The third-order valence-electron chi connectivity index (χ3n) is 5.19. The standard InChI is InChI=1S/C25H22BrNO3/c1-29-24-13-12-17(15-23(24)26)7-6-14-27-25(28)30-16-22-20-10-4-2-8-18(20)19-9-3-5-11-21(19)22/h2-13,15,22H,14,16H2,1H3,(H,27,28). The highest BCUT2D eigenvalue weighted by molar-refractivity contribution is 9.10. The topological polar surface area (TPSA) is 47.6 Å². The molecule has 1 aliphatic rings. The predicted molar refractivity (Wildman–Crippen MR) is 123 cm³/mol. The Bertz CT molecular complexity index is 1050. The van der Waals surface area contributed by atoms with Crippen molar-refractivity contribution in [1.29, 1.82) is 0 Å². The molecule has 0 saturated heterocycles. The van der Waals surface area contributed by atoms with Crippen LogP contribution in [-0.4, -0.2) is 26.4 Å². The Hall–Kier alpha value is -3.05. The number of amides is 1. The maximum absolute atomic E-state index is 12.2. The second kappa shape index (κ2) is 9.18. The van der Waals surface area contributed by atoms with Crippen molar-refractivity contribution >= 4 is 28.1 Å². The van der Waals surface area contributed by atoms with E-state index in [1.54, 1.807) is 7.11 Å². The molecule has 1 amide bonds. The fraction of sp³-hybridized carbons (Fsp3) is 0.160. The molecule has 4 rings (SSSR count). The van der Waals surface area contributed by atoms with Crippen LogP contribution in [0.25, 0.3) is 17.2 Å². The monoisotopic (exact) mass is 463 g/mol. The van der Waals surface area contributed by atoms with Crippen molar-refractivity contribution in [3.63, 3.8) is 0 Å². The molecular weight excluding hydrogens is 442 g/mol. The van der Waals surface area contributed by atoms with Gasteiger partial charge in [0.25, 0.3) is 0 Å². The van der Waals surface area contributed by atoms with E-state index >= 15 is 0 Å². The average Bonchev–Trinajstić information content (AvgIpc) is 3.09. The molecule has 4 nitrogen and oxygen atoms in total. The third kappa shape index (κ3) is 4.26. The van der Waals surface area contributed by atoms with Crippen LogP contribution < -0.4 is 10.1 Å². The Morgan fingerprint density at radius 1 is 1.03 bits per heavy atom. The number of fused-ring (bicyclic) bond motifs is 3. The molecule has 152 valence electrons. The van der Waals surface area contributed by atoms with Crippen molar-refractivity contribution in [2.45, 2.75) is 5.92 Å². The lowest BCUT2D eigenvalue weighted by Gasteiger charge is -2.14. The van der Waals surface area contributed by atoms with Gasteiger partial charge in [0.05, 0.1) is 11.6 Å². The van der Waals surface area contributed by atoms with Gasteiger partial charge in [0.2, 0.25) is 0 Å². The van der Waals surface area contributed by atoms with Crippen LogP contribution in [0, 0.1) is 0 Å². The smallest absolute Gasteiger partial charge is 0.407 e. The number of halogens is 1. The molecule has 0 spiro atoms. The van der Waals surface area contributed by atoms with Crippen molar-refractivity contribution in [2.75, 3.05) is 20.3 Å². The van der Waals surface area contributed by atoms with Gasteiger partial charge in [0.1, 0.15) is 12.4 Å². The number of methoxy groups -OCH3 is 1. The Balaban J connectivity index is 1.32. The second-order valence-electron chi connectivity index (χ2n) is 7.00. The van der Waals surface area contributed by atoms with Crippen LogP contribution in [-0.2, 0) is 4.74 Å². The van der Waals surface area contributed by atoms with Crippen LogP contribution in [0.1, 0.15) is 22.6 Å². The summed E-state index contributed by atoms with van der Waals surface area (Å²) in [4.78, 5) is 12.2. The van der Waals surface area contributed by atoms with Gasteiger partial charge < -0.3 is 14.8 Å². The van der Waals surface area contributed by atoms with Crippen molar-refractivity contribution in [2.24, 2.45) is 0 Å². The van der Waals surface area contributed by atoms with Gasteiger partial charge in [0, 0.05) is 12.5 Å². The highest BCUT2D eigenvalue weighted by Crippen LogP contribution is 2.44. The Morgan fingerprint density at radius 2 is 1.70 bits per heavy atom. The van der Waals surface area contributed by atoms with Crippen LogP contribution in [0.3, 0.4) is 0 Å². The van der Waals surface area contributed by atoms with Crippen molar-refractivity contribution in [3.05, 3.63) is 94.0 Å². The van der Waals surface area contributed by atoms with E-state index in [0.29, 0.717) is 13.2 Å². The van der Waals surface area contributed by atoms with Crippen LogP contribution in [0.2, 0.25) is 0 Å². The Labute approximate surface area is 184 Å². The fourth-order valence-corrected chi connectivity index (χ4v) is 4.33. The zero-order chi connectivity index (χ0) is 20.9. The fourth-order valence-electron chi connectivity index (χ4n) is 3.77. The molecule has 0 aromatic heterocycles. The maximum Gasteiger partial charge on any atom is 0.407 e. The highest BCUT2D eigenvalue weighted by Gasteiger charge is 2.28. The lowest BCUT2D eigenvalue weighted by Crippen LogP contribution is -2.26. The van der Waals surface area contributed by atoms with E-state index in [2.05, 4.69) is 45.5 Å². The quantitative estimate of drug-likeness (QED) is 0.486. The summed E-state index contributed by atoms with van der Waals surface area (Å²) in [5, 5.41) is 2.78. The van der Waals surface area contributed by atoms with Crippen LogP contribution >= 0.6 is 15.9 Å². The van der Waals surface area contributed by atoms with Gasteiger partial charge in [-0.15, -0.1) is 0 Å². The molecule has 0 fully saturated rings. The molecule has 30 heavy (non-hydrogen) atoms. The van der Waals surface area contributed by atoms with E-state index in [-0.39, 0.29) is 5.92 Å². The summed E-state index contributed by atoms with van der Waals surface area (Å²) < 4.78 is 11.6. The lowest BCUT2D eigenvalue weighted by molar-refractivity contribution is 0.144. The van der Waals surface area contributed by atoms with Crippen LogP contribution in [0.15, 0.2) is 77.3 Å². The van der Waals surface area contributed by atoms with Gasteiger partial charge in [-0.3, -0.25) is 0 Å². The van der Waals surface area contributed by atoms with Crippen molar-refractivity contribution < 1.29 is 14.3 Å². The summed E-state index contributed by atoms with van der Waals surface area (Å²) in [5.74, 6) is 0.847. The number of carbonyl (C=O) groups is 1. The molecule has 1 aliphatic carbocycles. The summed E-state index contributed by atoms with van der Waals surface area (Å²) in [7, 11) is 1.63. The molecule has 0 radical (unpaired) electrons. The molecule has 0 bridgehead atoms. The Kier molecular flexibility index (Phi) is 6.19. The van der Waals surface area contributed by atoms with Crippen LogP contribution in [0.4, 0.5) is 4.79 Å². The van der Waals surface area contributed by atoms with Gasteiger partial charge in [-0.25, -0.2) is 4.79 Å². The molecule has 5 heteroatoms. The van der Waals surface area contributed by atoms with E-state index in [1.165, 1.54) is 22.3 Å². The van der Waals surface area contributed by atoms with Gasteiger partial charge >= 0.3 is 6.09 Å². The van der Waals surface area contributed by atoms with Gasteiger partial charge in [0.15, 0.2) is 0 Å². The predicted octanol–water partition coefficient (Wildman–Crippen LogP) is 6.01. The first kappa shape index (κ1) is 20.2. The number of hydrogen-bond donors (Lipinski definition) is 1. The minimum atomic E-state index is -0.419. The van der Waals surface area contributed by atoms with Gasteiger partial charge in [-0.05, 0) is 55.9 Å². The third-order valence-corrected chi connectivity index (χ3v) is 5.81. The normalized spacial score (nSPS) is 12.5. The number of nitrogens with one attached hydrogen (secondary N) is 1. The minimum absolute atomic E-state index is 0.0651. The van der Waals surface area contributed by atoms with Gasteiger partial charge in [-0.2, -0.15) is 0 Å². The number of benzene rings is 3. The molecule has 3 aromatic carbocycles. The number of alkyl carbamates (subject to hydrolysis) is 1. The summed E-state index contributed by atoms with van der Waals surface area (Å²) >= 11 is 3.47. The highest BCUT2D eigenvalue weighted by atomic mass is 79.9. The molecule has 0 unspecified atom stereocenters. The van der Waals surface area contributed by atoms with E-state index in [4.69, 9.17) is 9.47 Å². The molecule has 0 saturated carbocycles. The SMILES string of the molecule is COc1ccc(C=CCNC(=O)OCC2c3ccccc3-c3ccccc32)cc1Br. The molecule has 0 atom stereocenters. The second-order valence-corrected chi connectivity index (χ2v) is 7.86. The van der Waals surface area contributed by atoms with Crippen molar-refractivity contribution in [1.82, 2.24) is 5.32 Å². The Morgan fingerprint density at radius 3 is 2.33 bits per heavy atom. The minimum Gasteiger partial charge on any atom is -0.496 e. The maximum atomic E-state index is 12.2. The molecule has 0 heterocycles. The van der Waals surface area contributed by atoms with E-state index < -0.39 is 6.09 Å². The van der Waals surface area contributed by atoms with Crippen LogP contribution in [0.5, 0.6) is 5.75 Å². The number of hydrogen-bond acceptors (Lipinski definition) is 3. The number of ether oxygens (including phenoxy) is 2. The summed E-state index contributed by atoms with van der Waals surface area (Å²) in [6, 6.07) is 22.4. The zero-order valence-corrected chi connectivity index (χ0v) is 18.2. The first-order valence-corrected chi connectivity index (χ1v) is 10.6. The lowest BCUT2D eigenvalue weighted by atomic mass is 9.98. The number of rotatable bonds is 6. The summed E-state index contributed by atoms with van der Waals surface area (Å²) in [5.41, 5.74) is 5.86.